The predicted octanol–water partition coefficient (Wildman–Crippen LogP) is 4.05. The number of methoxy groups -OCH3 is 2. The summed E-state index contributed by atoms with van der Waals surface area (Å²) in [5.74, 6) is 2.97. The Morgan fingerprint density at radius 1 is 0.933 bits per heavy atom. The number of aliphatic hydroxyl groups excluding tert-OH is 1. The van der Waals surface area contributed by atoms with Crippen molar-refractivity contribution in [2.75, 3.05) is 27.4 Å². The molecule has 1 atom stereocenters. The van der Waals surface area contributed by atoms with Crippen molar-refractivity contribution in [3.05, 3.63) is 77.7 Å². The van der Waals surface area contributed by atoms with Gasteiger partial charge in [-0.05, 0) is 36.8 Å². The van der Waals surface area contributed by atoms with E-state index in [4.69, 9.17) is 18.6 Å². The zero-order chi connectivity index (χ0) is 21.3. The molecule has 0 saturated carbocycles. The second-order valence-corrected chi connectivity index (χ2v) is 7.13. The van der Waals surface area contributed by atoms with Crippen LogP contribution in [0.25, 0.3) is 0 Å². The molecule has 0 aliphatic rings. The molecule has 0 amide bonds. The third kappa shape index (κ3) is 5.78. The van der Waals surface area contributed by atoms with E-state index in [1.54, 1.807) is 20.5 Å². The van der Waals surface area contributed by atoms with Crippen LogP contribution in [0.3, 0.4) is 0 Å². The molecule has 0 radical (unpaired) electrons. The average molecular weight is 411 g/mol. The van der Waals surface area contributed by atoms with E-state index in [1.165, 1.54) is 0 Å². The third-order valence-electron chi connectivity index (χ3n) is 4.83. The van der Waals surface area contributed by atoms with Gasteiger partial charge < -0.3 is 23.7 Å². The average Bonchev–Trinajstić information content (AvgIpc) is 3.26. The number of hydrogen-bond donors (Lipinski definition) is 1. The molecule has 0 unspecified atom stereocenters. The van der Waals surface area contributed by atoms with Gasteiger partial charge in [-0.25, -0.2) is 0 Å². The summed E-state index contributed by atoms with van der Waals surface area (Å²) < 4.78 is 22.3. The number of nitrogens with zero attached hydrogens (tertiary/aromatic N) is 1. The summed E-state index contributed by atoms with van der Waals surface area (Å²) in [7, 11) is 3.25. The van der Waals surface area contributed by atoms with E-state index in [0.717, 1.165) is 22.6 Å². The Bertz CT molecular complexity index is 910. The monoisotopic (exact) mass is 411 g/mol. The van der Waals surface area contributed by atoms with Crippen LogP contribution in [-0.2, 0) is 13.1 Å². The normalized spacial score (nSPS) is 12.0. The molecule has 30 heavy (non-hydrogen) atoms. The minimum atomic E-state index is -0.670. The van der Waals surface area contributed by atoms with Crippen molar-refractivity contribution < 1.29 is 23.7 Å². The fourth-order valence-corrected chi connectivity index (χ4v) is 3.38. The molecule has 6 nitrogen and oxygen atoms in total. The van der Waals surface area contributed by atoms with Crippen LogP contribution in [-0.4, -0.2) is 43.5 Å². The summed E-state index contributed by atoms with van der Waals surface area (Å²) in [6, 6.07) is 17.3. The van der Waals surface area contributed by atoms with Crippen molar-refractivity contribution in [2.24, 2.45) is 0 Å². The first-order chi connectivity index (χ1) is 14.6. The SMILES string of the molecule is COc1cccc(CN(Cc2ccco2)C[C@H](O)COc2ccccc2C)c1OC. The van der Waals surface area contributed by atoms with Crippen molar-refractivity contribution in [1.29, 1.82) is 0 Å². The molecule has 1 aromatic heterocycles. The molecule has 0 aliphatic heterocycles. The Balaban J connectivity index is 1.70. The van der Waals surface area contributed by atoms with Gasteiger partial charge in [-0.1, -0.05) is 30.3 Å². The second kappa shape index (κ2) is 10.7. The van der Waals surface area contributed by atoms with Gasteiger partial charge in [0.25, 0.3) is 0 Å². The van der Waals surface area contributed by atoms with Gasteiger partial charge in [0.1, 0.15) is 24.2 Å². The second-order valence-electron chi connectivity index (χ2n) is 7.13. The van der Waals surface area contributed by atoms with E-state index in [-0.39, 0.29) is 6.61 Å². The van der Waals surface area contributed by atoms with Crippen LogP contribution in [0.5, 0.6) is 17.2 Å². The zero-order valence-electron chi connectivity index (χ0n) is 17.7. The summed E-state index contributed by atoms with van der Waals surface area (Å²) in [5.41, 5.74) is 2.01. The fourth-order valence-electron chi connectivity index (χ4n) is 3.38. The number of para-hydroxylation sites is 2. The molecule has 2 aromatic carbocycles. The van der Waals surface area contributed by atoms with E-state index >= 15 is 0 Å². The number of aliphatic hydroxyl groups is 1. The minimum absolute atomic E-state index is 0.203. The van der Waals surface area contributed by atoms with Crippen molar-refractivity contribution in [3.8, 4) is 17.2 Å². The quantitative estimate of drug-likeness (QED) is 0.514. The highest BCUT2D eigenvalue weighted by atomic mass is 16.5. The van der Waals surface area contributed by atoms with E-state index in [1.807, 2.05) is 61.5 Å². The van der Waals surface area contributed by atoms with Gasteiger partial charge in [0, 0.05) is 18.7 Å². The molecule has 160 valence electrons. The van der Waals surface area contributed by atoms with Gasteiger partial charge in [0.15, 0.2) is 11.5 Å². The Morgan fingerprint density at radius 2 is 1.73 bits per heavy atom. The van der Waals surface area contributed by atoms with Crippen LogP contribution >= 0.6 is 0 Å². The van der Waals surface area contributed by atoms with E-state index < -0.39 is 6.10 Å². The Hall–Kier alpha value is -2.96. The molecule has 1 N–H and O–H groups in total. The number of benzene rings is 2. The molecular weight excluding hydrogens is 382 g/mol. The first-order valence-electron chi connectivity index (χ1n) is 9.91. The summed E-state index contributed by atoms with van der Waals surface area (Å²) in [5, 5.41) is 10.7. The first-order valence-corrected chi connectivity index (χ1v) is 9.91. The standard InChI is InChI=1S/C24H29NO5/c1-18-8-4-5-11-22(18)30-17-20(26)15-25(16-21-10-7-13-29-21)14-19-9-6-12-23(27-2)24(19)28-3/h4-13,20,26H,14-17H2,1-3H3/t20-/m0/s1. The highest BCUT2D eigenvalue weighted by molar-refractivity contribution is 5.46. The molecule has 0 spiro atoms. The van der Waals surface area contributed by atoms with Crippen LogP contribution in [0, 0.1) is 6.92 Å². The van der Waals surface area contributed by atoms with E-state index in [0.29, 0.717) is 31.1 Å². The number of furan rings is 1. The fraction of sp³-hybridized carbons (Fsp3) is 0.333. The maximum absolute atomic E-state index is 10.7. The van der Waals surface area contributed by atoms with Gasteiger partial charge in [0.05, 0.1) is 27.0 Å². The van der Waals surface area contributed by atoms with Crippen LogP contribution in [0.4, 0.5) is 0 Å². The zero-order valence-corrected chi connectivity index (χ0v) is 17.7. The summed E-state index contributed by atoms with van der Waals surface area (Å²) >= 11 is 0. The maximum Gasteiger partial charge on any atom is 0.165 e. The van der Waals surface area contributed by atoms with Crippen LogP contribution in [0.2, 0.25) is 0 Å². The summed E-state index contributed by atoms with van der Waals surface area (Å²) in [6.07, 6.45) is 0.980. The third-order valence-corrected chi connectivity index (χ3v) is 4.83. The van der Waals surface area contributed by atoms with Gasteiger partial charge in [0.2, 0.25) is 0 Å². The molecule has 0 saturated heterocycles. The van der Waals surface area contributed by atoms with E-state index in [9.17, 15) is 5.11 Å². The first kappa shape index (κ1) is 21.7. The van der Waals surface area contributed by atoms with Crippen molar-refractivity contribution in [3.63, 3.8) is 0 Å². The highest BCUT2D eigenvalue weighted by Crippen LogP contribution is 2.31. The molecule has 3 rings (SSSR count). The molecular formula is C24H29NO5. The van der Waals surface area contributed by atoms with Crippen molar-refractivity contribution in [1.82, 2.24) is 4.90 Å². The summed E-state index contributed by atoms with van der Waals surface area (Å²) in [6.45, 7) is 3.71. The maximum atomic E-state index is 10.7. The Kier molecular flexibility index (Phi) is 7.76. The lowest BCUT2D eigenvalue weighted by molar-refractivity contribution is 0.0599. The van der Waals surface area contributed by atoms with Crippen molar-refractivity contribution >= 4 is 0 Å². The molecule has 1 heterocycles. The predicted molar refractivity (Wildman–Crippen MR) is 115 cm³/mol. The lowest BCUT2D eigenvalue weighted by Gasteiger charge is -2.25. The number of ether oxygens (including phenoxy) is 3. The minimum Gasteiger partial charge on any atom is -0.493 e. The highest BCUT2D eigenvalue weighted by Gasteiger charge is 2.18. The number of aryl methyl sites for hydroxylation is 1. The molecule has 0 aliphatic carbocycles. The van der Waals surface area contributed by atoms with Crippen molar-refractivity contribution in [2.45, 2.75) is 26.1 Å². The number of rotatable bonds is 11. The van der Waals surface area contributed by atoms with Crippen LogP contribution in [0.1, 0.15) is 16.9 Å². The lowest BCUT2D eigenvalue weighted by Crippen LogP contribution is -2.35. The molecule has 3 aromatic rings. The Morgan fingerprint density at radius 3 is 2.43 bits per heavy atom. The van der Waals surface area contributed by atoms with E-state index in [2.05, 4.69) is 4.90 Å². The summed E-state index contributed by atoms with van der Waals surface area (Å²) in [4.78, 5) is 2.10. The number of hydrogen-bond acceptors (Lipinski definition) is 6. The Labute approximate surface area is 177 Å². The van der Waals surface area contributed by atoms with Gasteiger partial charge >= 0.3 is 0 Å². The lowest BCUT2D eigenvalue weighted by atomic mass is 10.1. The smallest absolute Gasteiger partial charge is 0.165 e. The van der Waals surface area contributed by atoms with Gasteiger partial charge in [-0.3, -0.25) is 4.90 Å². The molecule has 0 bridgehead atoms. The van der Waals surface area contributed by atoms with Crippen LogP contribution < -0.4 is 14.2 Å². The van der Waals surface area contributed by atoms with Gasteiger partial charge in [-0.15, -0.1) is 0 Å². The topological polar surface area (TPSA) is 64.3 Å². The molecule has 6 heteroatoms. The van der Waals surface area contributed by atoms with Crippen LogP contribution in [0.15, 0.2) is 65.3 Å². The van der Waals surface area contributed by atoms with Gasteiger partial charge in [-0.2, -0.15) is 0 Å². The largest absolute Gasteiger partial charge is 0.493 e. The molecule has 0 fully saturated rings.